The lowest BCUT2D eigenvalue weighted by Crippen LogP contribution is -2.17. The molecule has 1 N–H and O–H groups in total. The van der Waals surface area contributed by atoms with Crippen molar-refractivity contribution < 1.29 is 13.2 Å². The number of aromatic nitrogens is 1. The van der Waals surface area contributed by atoms with Crippen molar-refractivity contribution in [2.75, 3.05) is 16.8 Å². The van der Waals surface area contributed by atoms with E-state index in [1.807, 2.05) is 17.5 Å². The summed E-state index contributed by atoms with van der Waals surface area (Å²) in [5.41, 5.74) is 3.13. The number of amides is 1. The van der Waals surface area contributed by atoms with Crippen molar-refractivity contribution in [3.8, 4) is 11.3 Å². The number of nitrogens with zero attached hydrogens (tertiary/aromatic N) is 1. The molecule has 0 spiro atoms. The number of benzene rings is 1. The van der Waals surface area contributed by atoms with Crippen molar-refractivity contribution in [3.63, 3.8) is 0 Å². The fourth-order valence-corrected chi connectivity index (χ4v) is 5.57. The number of carbonyl (C=O) groups excluding carboxylic acids is 1. The largest absolute Gasteiger partial charge is 0.302 e. The maximum atomic E-state index is 12.1. The summed E-state index contributed by atoms with van der Waals surface area (Å²) >= 11 is 1.38. The first-order valence-corrected chi connectivity index (χ1v) is 11.1. The molecular formula is C18H22N2O3S2. The minimum absolute atomic E-state index is 0.0759. The van der Waals surface area contributed by atoms with Crippen LogP contribution in [0.5, 0.6) is 0 Å². The van der Waals surface area contributed by atoms with Gasteiger partial charge in [-0.25, -0.2) is 13.4 Å². The highest BCUT2D eigenvalue weighted by atomic mass is 32.2. The molecule has 1 fully saturated rings. The van der Waals surface area contributed by atoms with Crippen molar-refractivity contribution in [1.29, 1.82) is 0 Å². The van der Waals surface area contributed by atoms with Gasteiger partial charge in [0.2, 0.25) is 5.91 Å². The molecule has 1 aromatic heterocycles. The van der Waals surface area contributed by atoms with Crippen LogP contribution < -0.4 is 5.32 Å². The van der Waals surface area contributed by atoms with Crippen LogP contribution in [0.15, 0.2) is 29.6 Å². The second-order valence-corrected chi connectivity index (χ2v) is 9.92. The Morgan fingerprint density at radius 3 is 2.64 bits per heavy atom. The Morgan fingerprint density at radius 2 is 2.04 bits per heavy atom. The van der Waals surface area contributed by atoms with Crippen LogP contribution in [-0.4, -0.2) is 30.8 Å². The highest BCUT2D eigenvalue weighted by Crippen LogP contribution is 2.27. The fraction of sp³-hybridized carbons (Fsp3) is 0.444. The highest BCUT2D eigenvalue weighted by molar-refractivity contribution is 7.91. The molecule has 1 aromatic carbocycles. The second kappa shape index (κ2) is 7.25. The van der Waals surface area contributed by atoms with Gasteiger partial charge in [-0.3, -0.25) is 4.79 Å². The third-order valence-corrected chi connectivity index (χ3v) is 7.02. The van der Waals surface area contributed by atoms with Gasteiger partial charge in [-0.2, -0.15) is 0 Å². The van der Waals surface area contributed by atoms with Crippen LogP contribution in [0.1, 0.15) is 38.2 Å². The van der Waals surface area contributed by atoms with Crippen molar-refractivity contribution in [3.05, 3.63) is 35.2 Å². The van der Waals surface area contributed by atoms with Crippen molar-refractivity contribution in [1.82, 2.24) is 4.98 Å². The number of hydrogen-bond donors (Lipinski definition) is 1. The number of hydrogen-bond acceptors (Lipinski definition) is 5. The number of sulfone groups is 1. The Hall–Kier alpha value is -1.73. The molecule has 0 radical (unpaired) electrons. The van der Waals surface area contributed by atoms with Gasteiger partial charge in [0.25, 0.3) is 0 Å². The van der Waals surface area contributed by atoms with Crippen LogP contribution in [0.4, 0.5) is 5.13 Å². The summed E-state index contributed by atoms with van der Waals surface area (Å²) in [6.45, 7) is 4.31. The van der Waals surface area contributed by atoms with E-state index in [2.05, 4.69) is 36.3 Å². The minimum atomic E-state index is -2.95. The van der Waals surface area contributed by atoms with E-state index in [1.165, 1.54) is 16.9 Å². The number of anilines is 1. The molecule has 0 saturated carbocycles. The lowest BCUT2D eigenvalue weighted by molar-refractivity contribution is -0.116. The van der Waals surface area contributed by atoms with E-state index in [9.17, 15) is 13.2 Å². The Bertz CT molecular complexity index is 855. The normalized spacial score (nSPS) is 19.2. The zero-order chi connectivity index (χ0) is 18.0. The Labute approximate surface area is 152 Å². The van der Waals surface area contributed by atoms with Gasteiger partial charge >= 0.3 is 0 Å². The molecule has 7 heteroatoms. The van der Waals surface area contributed by atoms with Crippen molar-refractivity contribution >= 4 is 32.2 Å². The van der Waals surface area contributed by atoms with Gasteiger partial charge < -0.3 is 5.32 Å². The van der Waals surface area contributed by atoms with Crippen LogP contribution in [0.3, 0.4) is 0 Å². The molecule has 1 aliphatic heterocycles. The Morgan fingerprint density at radius 1 is 1.32 bits per heavy atom. The Kier molecular flexibility index (Phi) is 5.24. The third kappa shape index (κ3) is 4.67. The van der Waals surface area contributed by atoms with E-state index >= 15 is 0 Å². The molecule has 2 aromatic rings. The van der Waals surface area contributed by atoms with Gasteiger partial charge in [0.15, 0.2) is 15.0 Å². The van der Waals surface area contributed by atoms with Gasteiger partial charge in [0.1, 0.15) is 0 Å². The molecule has 1 amide bonds. The molecule has 1 unspecified atom stereocenters. The van der Waals surface area contributed by atoms with E-state index in [4.69, 9.17) is 0 Å². The summed E-state index contributed by atoms with van der Waals surface area (Å²) in [4.78, 5) is 16.6. The van der Waals surface area contributed by atoms with Crippen molar-refractivity contribution in [2.45, 2.75) is 32.6 Å². The van der Waals surface area contributed by atoms with Gasteiger partial charge in [-0.05, 0) is 23.8 Å². The number of nitrogens with one attached hydrogen (secondary N) is 1. The number of rotatable bonds is 5. The van der Waals surface area contributed by atoms with Gasteiger partial charge in [0.05, 0.1) is 17.2 Å². The smallest absolute Gasteiger partial charge is 0.226 e. The van der Waals surface area contributed by atoms with E-state index in [0.717, 1.165) is 11.3 Å². The predicted octanol–water partition coefficient (Wildman–Crippen LogP) is 3.70. The minimum Gasteiger partial charge on any atom is -0.302 e. The van der Waals surface area contributed by atoms with E-state index < -0.39 is 9.84 Å². The topological polar surface area (TPSA) is 76.1 Å². The second-order valence-electron chi connectivity index (χ2n) is 6.84. The van der Waals surface area contributed by atoms with E-state index in [0.29, 0.717) is 17.5 Å². The zero-order valence-electron chi connectivity index (χ0n) is 14.4. The summed E-state index contributed by atoms with van der Waals surface area (Å²) in [5.74, 6) is 0.551. The third-order valence-electron chi connectivity index (χ3n) is 4.42. The molecule has 0 aliphatic carbocycles. The van der Waals surface area contributed by atoms with E-state index in [-0.39, 0.29) is 29.8 Å². The first-order valence-electron chi connectivity index (χ1n) is 8.38. The molecule has 1 saturated heterocycles. The monoisotopic (exact) mass is 378 g/mol. The Balaban J connectivity index is 1.60. The standard InChI is InChI=1S/C18H22N2O3S2/c1-12(2)14-3-5-15(6-4-14)16-10-24-18(19-16)20-17(21)9-13-7-8-25(22,23)11-13/h3-6,10,12-13H,7-9,11H2,1-2H3,(H,19,20,21). The first-order chi connectivity index (χ1) is 11.8. The van der Waals surface area contributed by atoms with Gasteiger partial charge in [-0.1, -0.05) is 38.1 Å². The molecular weight excluding hydrogens is 356 g/mol. The lowest BCUT2D eigenvalue weighted by Gasteiger charge is -2.06. The summed E-state index contributed by atoms with van der Waals surface area (Å²) < 4.78 is 22.9. The molecule has 5 nitrogen and oxygen atoms in total. The predicted molar refractivity (Wildman–Crippen MR) is 102 cm³/mol. The number of carbonyl (C=O) groups is 1. The van der Waals surface area contributed by atoms with Crippen LogP contribution in [-0.2, 0) is 14.6 Å². The summed E-state index contributed by atoms with van der Waals surface area (Å²) in [7, 11) is -2.95. The molecule has 1 atom stereocenters. The van der Waals surface area contributed by atoms with Crippen molar-refractivity contribution in [2.24, 2.45) is 5.92 Å². The summed E-state index contributed by atoms with van der Waals surface area (Å²) in [6, 6.07) is 8.27. The SMILES string of the molecule is CC(C)c1ccc(-c2csc(NC(=O)CC3CCS(=O)(=O)C3)n2)cc1. The van der Waals surface area contributed by atoms with Crippen LogP contribution in [0, 0.1) is 5.92 Å². The van der Waals surface area contributed by atoms with Crippen LogP contribution in [0.2, 0.25) is 0 Å². The van der Waals surface area contributed by atoms with Crippen LogP contribution >= 0.6 is 11.3 Å². The zero-order valence-corrected chi connectivity index (χ0v) is 16.0. The quantitative estimate of drug-likeness (QED) is 0.861. The molecule has 3 rings (SSSR count). The van der Waals surface area contributed by atoms with Gasteiger partial charge in [0, 0.05) is 17.4 Å². The molecule has 0 bridgehead atoms. The summed E-state index contributed by atoms with van der Waals surface area (Å²) in [5, 5.41) is 5.26. The summed E-state index contributed by atoms with van der Waals surface area (Å²) in [6.07, 6.45) is 0.804. The maximum absolute atomic E-state index is 12.1. The molecule has 25 heavy (non-hydrogen) atoms. The fourth-order valence-electron chi connectivity index (χ4n) is 2.97. The first kappa shape index (κ1) is 18.1. The lowest BCUT2D eigenvalue weighted by atomic mass is 10.0. The number of thiazole rings is 1. The van der Waals surface area contributed by atoms with E-state index in [1.54, 1.807) is 0 Å². The average molecular weight is 379 g/mol. The average Bonchev–Trinajstić information content (AvgIpc) is 3.13. The van der Waals surface area contributed by atoms with Gasteiger partial charge in [-0.15, -0.1) is 11.3 Å². The molecule has 134 valence electrons. The van der Waals surface area contributed by atoms with Crippen LogP contribution in [0.25, 0.3) is 11.3 Å². The highest BCUT2D eigenvalue weighted by Gasteiger charge is 2.29. The molecule has 2 heterocycles. The maximum Gasteiger partial charge on any atom is 0.226 e. The molecule has 1 aliphatic rings.